The Kier molecular flexibility index (Phi) is 7.05. The van der Waals surface area contributed by atoms with E-state index in [1.165, 1.54) is 51.3 Å². The van der Waals surface area contributed by atoms with Gasteiger partial charge in [-0.1, -0.05) is 121 Å². The first-order valence-electron chi connectivity index (χ1n) is 19.8. The molecule has 4 aromatic heterocycles. The Hall–Kier alpha value is -7.18. The standard InChI is InChI=1S/C54H31NO2S2/c1-4-18-45-38(10-1)41-15-7-14-37(52(41)57-45)33-24-28-35(29-25-33)55(44-17-8-16-42-39-11-2-5-20-48(39)58-53(42)44)34-26-22-32(23-27-34)36-13-9-19-46-50(36)51-47(56-46)31-30-43-40-12-3-6-21-49(40)59-54(43)51/h1-31H. The minimum atomic E-state index is 0.906. The largest absolute Gasteiger partial charge is 0.456 e. The van der Waals surface area contributed by atoms with Crippen LogP contribution < -0.4 is 4.90 Å². The van der Waals surface area contributed by atoms with E-state index in [1.54, 1.807) is 0 Å². The van der Waals surface area contributed by atoms with Crippen molar-refractivity contribution in [3.05, 3.63) is 188 Å². The van der Waals surface area contributed by atoms with Gasteiger partial charge in [0.15, 0.2) is 0 Å². The van der Waals surface area contributed by atoms with Crippen molar-refractivity contribution in [1.29, 1.82) is 0 Å². The smallest absolute Gasteiger partial charge is 0.143 e. The molecule has 4 heterocycles. The number of fused-ring (bicyclic) bond motifs is 13. The van der Waals surface area contributed by atoms with Crippen molar-refractivity contribution in [3.63, 3.8) is 0 Å². The number of rotatable bonds is 5. The first-order chi connectivity index (χ1) is 29.2. The second kappa shape index (κ2) is 12.7. The Labute approximate surface area is 346 Å². The number of furan rings is 2. The van der Waals surface area contributed by atoms with Gasteiger partial charge in [-0.3, -0.25) is 0 Å². The highest BCUT2D eigenvalue weighted by molar-refractivity contribution is 7.27. The molecule has 0 N–H and O–H groups in total. The fourth-order valence-electron chi connectivity index (χ4n) is 9.22. The monoisotopic (exact) mass is 789 g/mol. The van der Waals surface area contributed by atoms with Gasteiger partial charge >= 0.3 is 0 Å². The quantitative estimate of drug-likeness (QED) is 0.174. The average molecular weight is 790 g/mol. The average Bonchev–Trinajstić information content (AvgIpc) is 4.07. The van der Waals surface area contributed by atoms with E-state index in [4.69, 9.17) is 8.83 Å². The molecule has 0 atom stereocenters. The molecule has 0 aliphatic rings. The maximum atomic E-state index is 6.54. The molecule has 9 aromatic carbocycles. The van der Waals surface area contributed by atoms with Crippen molar-refractivity contribution in [3.8, 4) is 22.3 Å². The molecule has 0 saturated carbocycles. The van der Waals surface area contributed by atoms with Crippen LogP contribution in [0.5, 0.6) is 0 Å². The van der Waals surface area contributed by atoms with E-state index in [1.807, 2.05) is 34.8 Å². The van der Waals surface area contributed by atoms with Crippen molar-refractivity contribution < 1.29 is 8.83 Å². The molecule has 276 valence electrons. The molecule has 0 radical (unpaired) electrons. The summed E-state index contributed by atoms with van der Waals surface area (Å²) in [6.07, 6.45) is 0. The molecular formula is C54H31NO2S2. The fraction of sp³-hybridized carbons (Fsp3) is 0. The number of nitrogens with zero attached hydrogens (tertiary/aromatic N) is 1. The summed E-state index contributed by atoms with van der Waals surface area (Å²) < 4.78 is 18.1. The van der Waals surface area contributed by atoms with E-state index in [0.717, 1.165) is 72.2 Å². The number of anilines is 3. The zero-order valence-corrected chi connectivity index (χ0v) is 33.1. The summed E-state index contributed by atoms with van der Waals surface area (Å²) in [6.45, 7) is 0. The Morgan fingerprint density at radius 3 is 1.64 bits per heavy atom. The predicted octanol–water partition coefficient (Wildman–Crippen LogP) is 17.0. The SMILES string of the molecule is c1ccc2c(c1)oc1c(-c3ccc(N(c4ccc(-c5cccc6oc7ccc8c9ccccc9sc8c7c56)cc4)c4cccc5c4sc4ccccc45)cc3)cccc12. The lowest BCUT2D eigenvalue weighted by molar-refractivity contribution is 0.669. The molecule has 0 aliphatic heterocycles. The van der Waals surface area contributed by atoms with Crippen LogP contribution in [-0.2, 0) is 0 Å². The van der Waals surface area contributed by atoms with Crippen molar-refractivity contribution in [2.24, 2.45) is 0 Å². The Bertz CT molecular complexity index is 3790. The summed E-state index contributed by atoms with van der Waals surface area (Å²) in [5.41, 5.74) is 11.5. The number of hydrogen-bond donors (Lipinski definition) is 0. The van der Waals surface area contributed by atoms with Gasteiger partial charge in [0, 0.05) is 74.1 Å². The molecule has 0 saturated heterocycles. The van der Waals surface area contributed by atoms with Crippen LogP contribution in [0.15, 0.2) is 197 Å². The van der Waals surface area contributed by atoms with Crippen LogP contribution in [0.3, 0.4) is 0 Å². The van der Waals surface area contributed by atoms with Crippen LogP contribution in [0.1, 0.15) is 0 Å². The highest BCUT2D eigenvalue weighted by Crippen LogP contribution is 2.48. The van der Waals surface area contributed by atoms with E-state index in [9.17, 15) is 0 Å². The Morgan fingerprint density at radius 2 is 0.881 bits per heavy atom. The summed E-state index contributed by atoms with van der Waals surface area (Å²) in [6, 6.07) is 67.6. The van der Waals surface area contributed by atoms with Gasteiger partial charge in [0.2, 0.25) is 0 Å². The lowest BCUT2D eigenvalue weighted by Gasteiger charge is -2.26. The van der Waals surface area contributed by atoms with Crippen LogP contribution in [-0.4, -0.2) is 0 Å². The Morgan fingerprint density at radius 1 is 0.339 bits per heavy atom. The molecule has 13 rings (SSSR count). The van der Waals surface area contributed by atoms with Gasteiger partial charge < -0.3 is 13.7 Å². The third kappa shape index (κ3) is 4.93. The molecule has 0 fully saturated rings. The van der Waals surface area contributed by atoms with Crippen LogP contribution in [0.4, 0.5) is 17.1 Å². The number of thiophene rings is 2. The molecule has 0 bridgehead atoms. The van der Waals surface area contributed by atoms with Crippen LogP contribution in [0.25, 0.3) is 106 Å². The zero-order chi connectivity index (χ0) is 38.6. The molecule has 0 spiro atoms. The van der Waals surface area contributed by atoms with E-state index in [-0.39, 0.29) is 0 Å². The molecule has 5 heteroatoms. The van der Waals surface area contributed by atoms with Gasteiger partial charge in [0.05, 0.1) is 10.4 Å². The van der Waals surface area contributed by atoms with Crippen LogP contribution in [0, 0.1) is 0 Å². The first kappa shape index (κ1) is 32.9. The predicted molar refractivity (Wildman–Crippen MR) is 252 cm³/mol. The van der Waals surface area contributed by atoms with Gasteiger partial charge in [-0.2, -0.15) is 0 Å². The highest BCUT2D eigenvalue weighted by Gasteiger charge is 2.21. The zero-order valence-electron chi connectivity index (χ0n) is 31.5. The van der Waals surface area contributed by atoms with Crippen molar-refractivity contribution in [1.82, 2.24) is 0 Å². The minimum absolute atomic E-state index is 0.906. The Balaban J connectivity index is 0.970. The highest BCUT2D eigenvalue weighted by atomic mass is 32.1. The second-order valence-corrected chi connectivity index (χ2v) is 17.3. The normalized spacial score (nSPS) is 12.1. The molecule has 59 heavy (non-hydrogen) atoms. The molecule has 0 aliphatic carbocycles. The van der Waals surface area contributed by atoms with E-state index < -0.39 is 0 Å². The summed E-state index contributed by atoms with van der Waals surface area (Å²) in [7, 11) is 0. The van der Waals surface area contributed by atoms with Gasteiger partial charge in [-0.05, 0) is 83.4 Å². The van der Waals surface area contributed by atoms with Crippen LogP contribution >= 0.6 is 22.7 Å². The van der Waals surface area contributed by atoms with E-state index >= 15 is 0 Å². The van der Waals surface area contributed by atoms with Crippen molar-refractivity contribution >= 4 is 124 Å². The summed E-state index contributed by atoms with van der Waals surface area (Å²) in [5, 5.41) is 9.74. The molecular weight excluding hydrogens is 759 g/mol. The third-order valence-corrected chi connectivity index (χ3v) is 14.3. The summed E-state index contributed by atoms with van der Waals surface area (Å²) in [5.74, 6) is 0. The van der Waals surface area contributed by atoms with Crippen molar-refractivity contribution in [2.45, 2.75) is 0 Å². The summed E-state index contributed by atoms with van der Waals surface area (Å²) >= 11 is 3.70. The first-order valence-corrected chi connectivity index (χ1v) is 21.5. The summed E-state index contributed by atoms with van der Waals surface area (Å²) in [4.78, 5) is 2.40. The third-order valence-electron chi connectivity index (χ3n) is 11.9. The van der Waals surface area contributed by atoms with E-state index in [0.29, 0.717) is 0 Å². The topological polar surface area (TPSA) is 29.5 Å². The van der Waals surface area contributed by atoms with Gasteiger partial charge in [-0.25, -0.2) is 0 Å². The van der Waals surface area contributed by atoms with E-state index in [2.05, 4.69) is 181 Å². The lowest BCUT2D eigenvalue weighted by Crippen LogP contribution is -2.10. The maximum Gasteiger partial charge on any atom is 0.143 e. The maximum absolute atomic E-state index is 6.54. The van der Waals surface area contributed by atoms with Crippen LogP contribution in [0.2, 0.25) is 0 Å². The second-order valence-electron chi connectivity index (χ2n) is 15.2. The molecule has 0 amide bonds. The van der Waals surface area contributed by atoms with Gasteiger partial charge in [0.25, 0.3) is 0 Å². The molecule has 13 aromatic rings. The lowest BCUT2D eigenvalue weighted by atomic mass is 9.98. The number of hydrogen-bond acceptors (Lipinski definition) is 5. The van der Waals surface area contributed by atoms with Crippen molar-refractivity contribution in [2.75, 3.05) is 4.90 Å². The minimum Gasteiger partial charge on any atom is -0.456 e. The number of benzene rings is 9. The van der Waals surface area contributed by atoms with Gasteiger partial charge in [0.1, 0.15) is 22.3 Å². The molecule has 0 unspecified atom stereocenters. The number of para-hydroxylation sites is 2. The molecule has 3 nitrogen and oxygen atoms in total. The fourth-order valence-corrected chi connectivity index (χ4v) is 11.7. The van der Waals surface area contributed by atoms with Gasteiger partial charge in [-0.15, -0.1) is 22.7 Å².